The minimum absolute atomic E-state index is 0.0159. The normalized spacial score (nSPS) is 10.5. The number of rotatable bonds is 2. The van der Waals surface area contributed by atoms with Crippen LogP contribution in [0, 0.1) is 5.82 Å². The smallest absolute Gasteiger partial charge is 0.277 e. The number of benzene rings is 1. The van der Waals surface area contributed by atoms with Crippen molar-refractivity contribution in [3.63, 3.8) is 0 Å². The molecular formula is C12H7BrCl2FN3O2. The van der Waals surface area contributed by atoms with E-state index in [4.69, 9.17) is 23.2 Å². The molecule has 1 aromatic carbocycles. The Kier molecular flexibility index (Phi) is 4.65. The summed E-state index contributed by atoms with van der Waals surface area (Å²) in [6.45, 7) is 1.25. The van der Waals surface area contributed by atoms with Gasteiger partial charge in [0, 0.05) is 6.92 Å². The zero-order valence-corrected chi connectivity index (χ0v) is 13.6. The molecule has 0 aliphatic carbocycles. The van der Waals surface area contributed by atoms with Crippen molar-refractivity contribution in [3.05, 3.63) is 44.4 Å². The van der Waals surface area contributed by atoms with E-state index in [1.54, 1.807) is 0 Å². The average molecular weight is 395 g/mol. The second-order valence-corrected chi connectivity index (χ2v) is 5.52. The van der Waals surface area contributed by atoms with Crippen LogP contribution in [-0.4, -0.2) is 21.6 Å². The molecule has 9 heteroatoms. The van der Waals surface area contributed by atoms with Crippen molar-refractivity contribution in [1.29, 1.82) is 0 Å². The minimum Gasteiger partial charge on any atom is -0.319 e. The minimum atomic E-state index is -0.641. The van der Waals surface area contributed by atoms with Gasteiger partial charge in [-0.15, -0.1) is 0 Å². The summed E-state index contributed by atoms with van der Waals surface area (Å²) in [5, 5.41) is 6.29. The summed E-state index contributed by atoms with van der Waals surface area (Å²) in [5.74, 6) is -1.61. The number of hydrogen-bond acceptors (Lipinski definition) is 3. The first-order valence-corrected chi connectivity index (χ1v) is 7.07. The summed E-state index contributed by atoms with van der Waals surface area (Å²) in [6, 6.07) is 3.53. The first kappa shape index (κ1) is 15.9. The van der Waals surface area contributed by atoms with Gasteiger partial charge in [-0.25, -0.2) is 4.39 Å². The number of halogens is 4. The largest absolute Gasteiger partial charge is 0.319 e. The van der Waals surface area contributed by atoms with Crippen LogP contribution in [0.25, 0.3) is 0 Å². The summed E-state index contributed by atoms with van der Waals surface area (Å²) in [4.78, 5) is 23.4. The van der Waals surface area contributed by atoms with Gasteiger partial charge in [0.25, 0.3) is 5.91 Å². The van der Waals surface area contributed by atoms with Gasteiger partial charge in [0.1, 0.15) is 5.82 Å². The predicted octanol–water partition coefficient (Wildman–Crippen LogP) is 4.00. The molecule has 1 amide bonds. The number of nitrogens with zero attached hydrogens (tertiary/aromatic N) is 2. The first-order chi connectivity index (χ1) is 9.81. The maximum atomic E-state index is 12.9. The molecule has 0 bridgehead atoms. The molecule has 0 saturated heterocycles. The molecule has 0 radical (unpaired) electrons. The van der Waals surface area contributed by atoms with Gasteiger partial charge in [-0.1, -0.05) is 23.2 Å². The highest BCUT2D eigenvalue weighted by Crippen LogP contribution is 2.28. The highest BCUT2D eigenvalue weighted by Gasteiger charge is 2.22. The third-order valence-corrected chi connectivity index (χ3v) is 4.11. The van der Waals surface area contributed by atoms with Crippen molar-refractivity contribution in [2.75, 3.05) is 5.32 Å². The molecule has 0 fully saturated rings. The van der Waals surface area contributed by atoms with Crippen molar-refractivity contribution < 1.29 is 14.0 Å². The fraction of sp³-hybridized carbons (Fsp3) is 0.0833. The topological polar surface area (TPSA) is 64.0 Å². The number of anilines is 1. The molecule has 1 aromatic heterocycles. The summed E-state index contributed by atoms with van der Waals surface area (Å²) in [6.07, 6.45) is 0. The molecule has 0 saturated carbocycles. The number of aromatic nitrogens is 2. The van der Waals surface area contributed by atoms with Gasteiger partial charge in [0.05, 0.1) is 15.2 Å². The van der Waals surface area contributed by atoms with Crippen LogP contribution >= 0.6 is 39.1 Å². The third kappa shape index (κ3) is 3.25. The zero-order chi connectivity index (χ0) is 15.7. The zero-order valence-electron chi connectivity index (χ0n) is 10.5. The summed E-state index contributed by atoms with van der Waals surface area (Å²) >= 11 is 14.8. The summed E-state index contributed by atoms with van der Waals surface area (Å²) < 4.78 is 14.0. The van der Waals surface area contributed by atoms with Gasteiger partial charge < -0.3 is 5.32 Å². The highest BCUT2D eigenvalue weighted by atomic mass is 79.9. The molecule has 0 aliphatic rings. The Morgan fingerprint density at radius 2 is 2.05 bits per heavy atom. The number of amides is 1. The van der Waals surface area contributed by atoms with Crippen LogP contribution in [0.1, 0.15) is 22.2 Å². The average Bonchev–Trinajstić information content (AvgIpc) is 2.70. The molecule has 0 atom stereocenters. The quantitative estimate of drug-likeness (QED) is 0.837. The Bertz CT molecular complexity index is 748. The van der Waals surface area contributed by atoms with Crippen LogP contribution in [0.15, 0.2) is 22.7 Å². The van der Waals surface area contributed by atoms with Crippen molar-refractivity contribution >= 4 is 56.6 Å². The van der Waals surface area contributed by atoms with Gasteiger partial charge in [-0.3, -0.25) is 9.59 Å². The lowest BCUT2D eigenvalue weighted by molar-refractivity contribution is 0.0920. The highest BCUT2D eigenvalue weighted by molar-refractivity contribution is 9.10. The van der Waals surface area contributed by atoms with Gasteiger partial charge in [0.2, 0.25) is 5.91 Å². The second-order valence-electron chi connectivity index (χ2n) is 3.96. The SMILES string of the molecule is CC(=O)n1nc(C(=O)Nc2ccc(F)cc2Cl)c(Br)c1Cl. The number of nitrogens with one attached hydrogen (secondary N) is 1. The fourth-order valence-electron chi connectivity index (χ4n) is 1.50. The van der Waals surface area contributed by atoms with Crippen LogP contribution in [0.4, 0.5) is 10.1 Å². The molecule has 110 valence electrons. The van der Waals surface area contributed by atoms with E-state index in [9.17, 15) is 14.0 Å². The first-order valence-electron chi connectivity index (χ1n) is 5.52. The molecular weight excluding hydrogens is 388 g/mol. The van der Waals surface area contributed by atoms with Gasteiger partial charge >= 0.3 is 0 Å². The lowest BCUT2D eigenvalue weighted by Gasteiger charge is -2.05. The van der Waals surface area contributed by atoms with E-state index < -0.39 is 17.6 Å². The van der Waals surface area contributed by atoms with Crippen LogP contribution < -0.4 is 5.32 Å². The van der Waals surface area contributed by atoms with E-state index >= 15 is 0 Å². The Morgan fingerprint density at radius 1 is 1.38 bits per heavy atom. The molecule has 1 N–H and O–H groups in total. The Labute approximate surface area is 137 Å². The molecule has 2 rings (SSSR count). The fourth-order valence-corrected chi connectivity index (χ4v) is 2.39. The van der Waals surface area contributed by atoms with E-state index in [-0.39, 0.29) is 26.0 Å². The Balaban J connectivity index is 2.33. The number of hydrogen-bond donors (Lipinski definition) is 1. The standard InChI is InChI=1S/C12H7BrCl2FN3O2/c1-5(20)19-11(15)9(13)10(18-19)12(21)17-8-3-2-6(16)4-7(8)14/h2-4H,1H3,(H,17,21). The summed E-state index contributed by atoms with van der Waals surface area (Å²) in [7, 11) is 0. The molecule has 2 aromatic rings. The van der Waals surface area contributed by atoms with Crippen molar-refractivity contribution in [1.82, 2.24) is 9.78 Å². The maximum Gasteiger partial charge on any atom is 0.277 e. The van der Waals surface area contributed by atoms with Gasteiger partial charge in [-0.2, -0.15) is 9.78 Å². The van der Waals surface area contributed by atoms with Crippen LogP contribution in [0.2, 0.25) is 10.2 Å². The van der Waals surface area contributed by atoms with Crippen molar-refractivity contribution in [2.24, 2.45) is 0 Å². The molecule has 0 unspecified atom stereocenters. The van der Waals surface area contributed by atoms with E-state index in [0.29, 0.717) is 0 Å². The van der Waals surface area contributed by atoms with Crippen LogP contribution in [0.3, 0.4) is 0 Å². The van der Waals surface area contributed by atoms with Gasteiger partial charge in [-0.05, 0) is 34.1 Å². The van der Waals surface area contributed by atoms with Crippen LogP contribution in [-0.2, 0) is 0 Å². The molecule has 0 spiro atoms. The van der Waals surface area contributed by atoms with E-state index in [1.165, 1.54) is 13.0 Å². The number of carbonyl (C=O) groups excluding carboxylic acids is 2. The molecule has 1 heterocycles. The van der Waals surface area contributed by atoms with Crippen molar-refractivity contribution in [2.45, 2.75) is 6.92 Å². The van der Waals surface area contributed by atoms with E-state index in [2.05, 4.69) is 26.3 Å². The van der Waals surface area contributed by atoms with Gasteiger partial charge in [0.15, 0.2) is 10.8 Å². The van der Waals surface area contributed by atoms with E-state index in [1.807, 2.05) is 0 Å². The third-order valence-electron chi connectivity index (χ3n) is 2.47. The monoisotopic (exact) mass is 393 g/mol. The van der Waals surface area contributed by atoms with E-state index in [0.717, 1.165) is 16.8 Å². The summed E-state index contributed by atoms with van der Waals surface area (Å²) in [5.41, 5.74) is 0.124. The molecule has 21 heavy (non-hydrogen) atoms. The Morgan fingerprint density at radius 3 is 2.57 bits per heavy atom. The van der Waals surface area contributed by atoms with Crippen LogP contribution in [0.5, 0.6) is 0 Å². The molecule has 5 nitrogen and oxygen atoms in total. The lowest BCUT2D eigenvalue weighted by atomic mass is 10.3. The predicted molar refractivity (Wildman–Crippen MR) is 80.6 cm³/mol. The van der Waals surface area contributed by atoms with Crippen molar-refractivity contribution in [3.8, 4) is 0 Å². The number of carbonyl (C=O) groups is 2. The maximum absolute atomic E-state index is 12.9. The Hall–Kier alpha value is -1.44. The second kappa shape index (κ2) is 6.13. The lowest BCUT2D eigenvalue weighted by Crippen LogP contribution is -2.15. The molecule has 0 aliphatic heterocycles.